The first kappa shape index (κ1) is 14.9. The zero-order chi connectivity index (χ0) is 15.4. The van der Waals surface area contributed by atoms with Crippen molar-refractivity contribution in [3.8, 4) is 5.75 Å². The summed E-state index contributed by atoms with van der Waals surface area (Å²) in [5.74, 6) is 0.371. The van der Waals surface area contributed by atoms with Crippen LogP contribution in [0.4, 0.5) is 11.4 Å². The lowest BCUT2D eigenvalue weighted by atomic mass is 10.0. The molecule has 2 rings (SSSR count). The number of para-hydroxylation sites is 1. The average Bonchev–Trinajstić information content (AvgIpc) is 2.49. The largest absolute Gasteiger partial charge is 0.496 e. The smallest absolute Gasteiger partial charge is 0.259 e. The monoisotopic (exact) mass is 284 g/mol. The molecule has 1 amide bonds. The molecule has 110 valence electrons. The second-order valence-electron chi connectivity index (χ2n) is 4.88. The summed E-state index contributed by atoms with van der Waals surface area (Å²) < 4.78 is 5.23. The first-order chi connectivity index (χ1) is 10.1. The van der Waals surface area contributed by atoms with Gasteiger partial charge in [-0.2, -0.15) is 0 Å². The normalized spacial score (nSPS) is 10.2. The standard InChI is InChI=1S/C17H20N2O2/c1-4-12-10-13(18)9-11(2)16(12)19-17(20)14-7-5-6-8-15(14)21-3/h5-10H,4,18H2,1-3H3,(H,19,20). The maximum Gasteiger partial charge on any atom is 0.259 e. The van der Waals surface area contributed by atoms with Crippen LogP contribution in [0.1, 0.15) is 28.4 Å². The fourth-order valence-corrected chi connectivity index (χ4v) is 2.36. The molecule has 21 heavy (non-hydrogen) atoms. The number of rotatable bonds is 4. The van der Waals surface area contributed by atoms with E-state index in [1.165, 1.54) is 0 Å². The van der Waals surface area contributed by atoms with Gasteiger partial charge in [0.2, 0.25) is 0 Å². The Morgan fingerprint density at radius 1 is 1.29 bits per heavy atom. The number of hydrogen-bond donors (Lipinski definition) is 2. The molecule has 0 bridgehead atoms. The van der Waals surface area contributed by atoms with Gasteiger partial charge in [0, 0.05) is 11.4 Å². The van der Waals surface area contributed by atoms with Crippen LogP contribution in [0.15, 0.2) is 36.4 Å². The Morgan fingerprint density at radius 2 is 2.00 bits per heavy atom. The van der Waals surface area contributed by atoms with Gasteiger partial charge in [-0.3, -0.25) is 4.79 Å². The van der Waals surface area contributed by atoms with Gasteiger partial charge in [-0.05, 0) is 48.7 Å². The van der Waals surface area contributed by atoms with Crippen LogP contribution in [-0.4, -0.2) is 13.0 Å². The van der Waals surface area contributed by atoms with Gasteiger partial charge in [0.25, 0.3) is 5.91 Å². The summed E-state index contributed by atoms with van der Waals surface area (Å²) in [6, 6.07) is 10.9. The maximum absolute atomic E-state index is 12.5. The van der Waals surface area contributed by atoms with Gasteiger partial charge in [0.15, 0.2) is 0 Å². The number of nitrogens with one attached hydrogen (secondary N) is 1. The number of amides is 1. The lowest BCUT2D eigenvalue weighted by Gasteiger charge is -2.15. The quantitative estimate of drug-likeness (QED) is 0.846. The Bertz CT molecular complexity index is 666. The highest BCUT2D eigenvalue weighted by atomic mass is 16.5. The highest BCUT2D eigenvalue weighted by Crippen LogP contribution is 2.26. The zero-order valence-electron chi connectivity index (χ0n) is 12.6. The lowest BCUT2D eigenvalue weighted by Crippen LogP contribution is -2.15. The molecule has 0 aliphatic rings. The first-order valence-electron chi connectivity index (χ1n) is 6.90. The van der Waals surface area contributed by atoms with Crippen molar-refractivity contribution in [1.82, 2.24) is 0 Å². The summed E-state index contributed by atoms with van der Waals surface area (Å²) in [7, 11) is 1.55. The van der Waals surface area contributed by atoms with Gasteiger partial charge < -0.3 is 15.8 Å². The van der Waals surface area contributed by atoms with Crippen molar-refractivity contribution in [3.63, 3.8) is 0 Å². The van der Waals surface area contributed by atoms with Crippen LogP contribution in [0.25, 0.3) is 0 Å². The molecule has 0 aromatic heterocycles. The third-order valence-corrected chi connectivity index (χ3v) is 3.41. The highest BCUT2D eigenvalue weighted by Gasteiger charge is 2.14. The van der Waals surface area contributed by atoms with Gasteiger partial charge in [-0.1, -0.05) is 19.1 Å². The molecule has 0 atom stereocenters. The number of anilines is 2. The molecule has 0 unspecified atom stereocenters. The van der Waals surface area contributed by atoms with E-state index >= 15 is 0 Å². The summed E-state index contributed by atoms with van der Waals surface area (Å²) in [6.45, 7) is 3.97. The first-order valence-corrected chi connectivity index (χ1v) is 6.90. The molecule has 0 radical (unpaired) electrons. The minimum Gasteiger partial charge on any atom is -0.496 e. The molecule has 0 saturated carbocycles. The van der Waals surface area contributed by atoms with Crippen molar-refractivity contribution in [2.24, 2.45) is 0 Å². The van der Waals surface area contributed by atoms with Gasteiger partial charge in [-0.15, -0.1) is 0 Å². The van der Waals surface area contributed by atoms with E-state index in [0.717, 1.165) is 23.2 Å². The molecule has 0 aliphatic carbocycles. The SMILES string of the molecule is CCc1cc(N)cc(C)c1NC(=O)c1ccccc1OC. The maximum atomic E-state index is 12.5. The lowest BCUT2D eigenvalue weighted by molar-refractivity contribution is 0.102. The van der Waals surface area contributed by atoms with E-state index in [1.54, 1.807) is 19.2 Å². The van der Waals surface area contributed by atoms with Crippen LogP contribution in [0, 0.1) is 6.92 Å². The number of carbonyl (C=O) groups excluding carboxylic acids is 1. The number of carbonyl (C=O) groups is 1. The second kappa shape index (κ2) is 6.31. The highest BCUT2D eigenvalue weighted by molar-refractivity contribution is 6.07. The van der Waals surface area contributed by atoms with Crippen LogP contribution >= 0.6 is 0 Å². The third-order valence-electron chi connectivity index (χ3n) is 3.41. The molecule has 0 saturated heterocycles. The van der Waals surface area contributed by atoms with E-state index < -0.39 is 0 Å². The fraction of sp³-hybridized carbons (Fsp3) is 0.235. The molecular weight excluding hydrogens is 264 g/mol. The molecule has 0 fully saturated rings. The number of nitrogen functional groups attached to an aromatic ring is 1. The van der Waals surface area contributed by atoms with Crippen molar-refractivity contribution in [3.05, 3.63) is 53.1 Å². The molecule has 0 aliphatic heterocycles. The summed E-state index contributed by atoms with van der Waals surface area (Å²) in [4.78, 5) is 12.5. The van der Waals surface area contributed by atoms with Gasteiger partial charge in [0.1, 0.15) is 5.75 Å². The number of hydrogen-bond acceptors (Lipinski definition) is 3. The second-order valence-corrected chi connectivity index (χ2v) is 4.88. The fourth-order valence-electron chi connectivity index (χ4n) is 2.36. The van der Waals surface area contributed by atoms with Crippen molar-refractivity contribution in [2.45, 2.75) is 20.3 Å². The summed E-state index contributed by atoms with van der Waals surface area (Å²) in [5.41, 5.74) is 9.88. The molecule has 3 N–H and O–H groups in total. The van der Waals surface area contributed by atoms with E-state index in [9.17, 15) is 4.79 Å². The van der Waals surface area contributed by atoms with Crippen molar-refractivity contribution < 1.29 is 9.53 Å². The minimum absolute atomic E-state index is 0.185. The number of ether oxygens (including phenoxy) is 1. The predicted molar refractivity (Wildman–Crippen MR) is 85.9 cm³/mol. The van der Waals surface area contributed by atoms with E-state index in [2.05, 4.69) is 5.32 Å². The summed E-state index contributed by atoms with van der Waals surface area (Å²) >= 11 is 0. The van der Waals surface area contributed by atoms with Crippen LogP contribution < -0.4 is 15.8 Å². The minimum atomic E-state index is -0.185. The van der Waals surface area contributed by atoms with Gasteiger partial charge in [0.05, 0.1) is 12.7 Å². The predicted octanol–water partition coefficient (Wildman–Crippen LogP) is 3.40. The summed E-state index contributed by atoms with van der Waals surface area (Å²) in [5, 5.41) is 2.97. The van der Waals surface area contributed by atoms with Gasteiger partial charge in [-0.25, -0.2) is 0 Å². The molecule has 4 heteroatoms. The van der Waals surface area contributed by atoms with Crippen molar-refractivity contribution >= 4 is 17.3 Å². The molecule has 2 aromatic rings. The van der Waals surface area contributed by atoms with Crippen LogP contribution in [0.3, 0.4) is 0 Å². The van der Waals surface area contributed by atoms with Crippen molar-refractivity contribution in [2.75, 3.05) is 18.2 Å². The topological polar surface area (TPSA) is 64.3 Å². The number of nitrogens with two attached hydrogens (primary N) is 1. The van der Waals surface area contributed by atoms with E-state index in [-0.39, 0.29) is 5.91 Å². The number of methoxy groups -OCH3 is 1. The Morgan fingerprint density at radius 3 is 2.67 bits per heavy atom. The molecule has 2 aromatic carbocycles. The van der Waals surface area contributed by atoms with E-state index in [4.69, 9.17) is 10.5 Å². The molecule has 4 nitrogen and oxygen atoms in total. The number of aryl methyl sites for hydroxylation is 2. The zero-order valence-corrected chi connectivity index (χ0v) is 12.6. The molecular formula is C17H20N2O2. The van der Waals surface area contributed by atoms with Crippen LogP contribution in [0.2, 0.25) is 0 Å². The van der Waals surface area contributed by atoms with Crippen LogP contribution in [-0.2, 0) is 6.42 Å². The third kappa shape index (κ3) is 3.16. The molecule has 0 heterocycles. The Labute approximate surface area is 124 Å². The Balaban J connectivity index is 2.36. The number of benzene rings is 2. The Hall–Kier alpha value is -2.49. The van der Waals surface area contributed by atoms with Crippen LogP contribution in [0.5, 0.6) is 5.75 Å². The Kier molecular flexibility index (Phi) is 4.48. The van der Waals surface area contributed by atoms with E-state index in [1.807, 2.05) is 38.1 Å². The van der Waals surface area contributed by atoms with Crippen molar-refractivity contribution in [1.29, 1.82) is 0 Å². The average molecular weight is 284 g/mol. The molecule has 0 spiro atoms. The van der Waals surface area contributed by atoms with E-state index in [0.29, 0.717) is 17.0 Å². The summed E-state index contributed by atoms with van der Waals surface area (Å²) in [6.07, 6.45) is 0.799. The van der Waals surface area contributed by atoms with Gasteiger partial charge >= 0.3 is 0 Å².